The molecule has 1 heterocycles. The van der Waals surface area contributed by atoms with Crippen LogP contribution < -0.4 is 15.5 Å². The molecule has 1 aliphatic heterocycles. The second kappa shape index (κ2) is 8.01. The van der Waals surface area contributed by atoms with Crippen molar-refractivity contribution >= 4 is 28.9 Å². The molecule has 136 valence electrons. The largest absolute Gasteiger partial charge is 0.378 e. The quantitative estimate of drug-likeness (QED) is 0.886. The van der Waals surface area contributed by atoms with Crippen LogP contribution in [-0.2, 0) is 9.53 Å². The Morgan fingerprint density at radius 2 is 1.62 bits per heavy atom. The van der Waals surface area contributed by atoms with Gasteiger partial charge in [0, 0.05) is 37.1 Å². The summed E-state index contributed by atoms with van der Waals surface area (Å²) in [6.45, 7) is 6.16. The molecule has 0 bridgehead atoms. The molecule has 6 heteroatoms. The molecule has 2 aromatic carbocycles. The molecule has 0 spiro atoms. The molecule has 1 aliphatic rings. The average Bonchev–Trinajstić information content (AvgIpc) is 2.64. The topological polar surface area (TPSA) is 70.7 Å². The van der Waals surface area contributed by atoms with Gasteiger partial charge in [-0.3, -0.25) is 9.59 Å². The maximum absolute atomic E-state index is 12.9. The van der Waals surface area contributed by atoms with Crippen molar-refractivity contribution in [2.75, 3.05) is 41.8 Å². The molecule has 1 saturated heterocycles. The molecular formula is C20H23N3O3. The Kier molecular flexibility index (Phi) is 5.53. The zero-order chi connectivity index (χ0) is 18.5. The fraction of sp³-hybridized carbons (Fsp3) is 0.300. The van der Waals surface area contributed by atoms with E-state index in [9.17, 15) is 9.59 Å². The molecule has 0 radical (unpaired) electrons. The van der Waals surface area contributed by atoms with Crippen LogP contribution in [0.2, 0.25) is 0 Å². The molecule has 0 unspecified atom stereocenters. The molecule has 3 rings (SSSR count). The Morgan fingerprint density at radius 3 is 2.27 bits per heavy atom. The van der Waals surface area contributed by atoms with E-state index in [-0.39, 0.29) is 11.8 Å². The van der Waals surface area contributed by atoms with E-state index in [2.05, 4.69) is 15.5 Å². The molecule has 0 saturated carbocycles. The van der Waals surface area contributed by atoms with E-state index in [1.165, 1.54) is 6.92 Å². The molecule has 2 amide bonds. The van der Waals surface area contributed by atoms with Crippen molar-refractivity contribution in [1.29, 1.82) is 0 Å². The minimum atomic E-state index is -0.206. The molecule has 0 aliphatic carbocycles. The van der Waals surface area contributed by atoms with E-state index in [0.717, 1.165) is 30.0 Å². The highest BCUT2D eigenvalue weighted by molar-refractivity contribution is 6.09. The van der Waals surface area contributed by atoms with Crippen LogP contribution in [0, 0.1) is 6.92 Å². The lowest BCUT2D eigenvalue weighted by Gasteiger charge is -2.30. The number of hydrogen-bond donors (Lipinski definition) is 2. The van der Waals surface area contributed by atoms with E-state index in [1.54, 1.807) is 6.07 Å². The Morgan fingerprint density at radius 1 is 0.962 bits per heavy atom. The molecule has 26 heavy (non-hydrogen) atoms. The van der Waals surface area contributed by atoms with E-state index >= 15 is 0 Å². The van der Waals surface area contributed by atoms with Gasteiger partial charge in [-0.1, -0.05) is 17.7 Å². The Labute approximate surface area is 153 Å². The molecular weight excluding hydrogens is 330 g/mol. The smallest absolute Gasteiger partial charge is 0.257 e. The lowest BCUT2D eigenvalue weighted by molar-refractivity contribution is -0.114. The number of morpholine rings is 1. The van der Waals surface area contributed by atoms with Crippen LogP contribution in [-0.4, -0.2) is 38.1 Å². The average molecular weight is 353 g/mol. The number of anilines is 3. The first-order chi connectivity index (χ1) is 12.5. The van der Waals surface area contributed by atoms with Gasteiger partial charge in [-0.15, -0.1) is 0 Å². The van der Waals surface area contributed by atoms with Crippen molar-refractivity contribution in [3.8, 4) is 0 Å². The SMILES string of the molecule is CC(=O)Nc1ccc(N2CCOCC2)c(C(=O)Nc2ccc(C)cc2)c1. The summed E-state index contributed by atoms with van der Waals surface area (Å²) in [6, 6.07) is 13.1. The number of carbonyl (C=O) groups is 2. The van der Waals surface area contributed by atoms with Crippen LogP contribution >= 0.6 is 0 Å². The fourth-order valence-electron chi connectivity index (χ4n) is 2.91. The third-order valence-electron chi connectivity index (χ3n) is 4.22. The second-order valence-electron chi connectivity index (χ2n) is 6.33. The molecule has 1 fully saturated rings. The third kappa shape index (κ3) is 4.40. The van der Waals surface area contributed by atoms with Gasteiger partial charge in [-0.2, -0.15) is 0 Å². The van der Waals surface area contributed by atoms with Crippen LogP contribution in [0.5, 0.6) is 0 Å². The highest BCUT2D eigenvalue weighted by Gasteiger charge is 2.20. The van der Waals surface area contributed by atoms with Crippen molar-refractivity contribution in [1.82, 2.24) is 0 Å². The lowest BCUT2D eigenvalue weighted by Crippen LogP contribution is -2.37. The maximum Gasteiger partial charge on any atom is 0.257 e. The van der Waals surface area contributed by atoms with E-state index in [4.69, 9.17) is 4.74 Å². The monoisotopic (exact) mass is 353 g/mol. The van der Waals surface area contributed by atoms with Gasteiger partial charge in [-0.25, -0.2) is 0 Å². The summed E-state index contributed by atoms with van der Waals surface area (Å²) in [7, 11) is 0. The van der Waals surface area contributed by atoms with Gasteiger partial charge in [-0.05, 0) is 37.3 Å². The summed E-state index contributed by atoms with van der Waals surface area (Å²) in [4.78, 5) is 26.4. The van der Waals surface area contributed by atoms with Crippen LogP contribution in [0.1, 0.15) is 22.8 Å². The summed E-state index contributed by atoms with van der Waals surface area (Å²) in [6.07, 6.45) is 0. The number of carbonyl (C=O) groups excluding carboxylic acids is 2. The van der Waals surface area contributed by atoms with E-state index in [1.807, 2.05) is 43.3 Å². The third-order valence-corrected chi connectivity index (χ3v) is 4.22. The van der Waals surface area contributed by atoms with Crippen molar-refractivity contribution in [3.05, 3.63) is 53.6 Å². The standard InChI is InChI=1S/C20H23N3O3/c1-14-3-5-16(6-4-14)22-20(25)18-13-17(21-15(2)24)7-8-19(18)23-9-11-26-12-10-23/h3-8,13H,9-12H2,1-2H3,(H,21,24)(H,22,25). The van der Waals surface area contributed by atoms with Gasteiger partial charge in [0.05, 0.1) is 18.8 Å². The summed E-state index contributed by atoms with van der Waals surface area (Å²) in [5.41, 5.74) is 3.83. The fourth-order valence-corrected chi connectivity index (χ4v) is 2.91. The van der Waals surface area contributed by atoms with Crippen molar-refractivity contribution in [2.24, 2.45) is 0 Å². The number of hydrogen-bond acceptors (Lipinski definition) is 4. The van der Waals surface area contributed by atoms with E-state index < -0.39 is 0 Å². The van der Waals surface area contributed by atoms with Gasteiger partial charge in [0.15, 0.2) is 0 Å². The number of nitrogens with zero attached hydrogens (tertiary/aromatic N) is 1. The van der Waals surface area contributed by atoms with Crippen LogP contribution in [0.25, 0.3) is 0 Å². The first-order valence-corrected chi connectivity index (χ1v) is 8.65. The number of aryl methyl sites for hydroxylation is 1. The van der Waals surface area contributed by atoms with Crippen LogP contribution in [0.3, 0.4) is 0 Å². The number of nitrogens with one attached hydrogen (secondary N) is 2. The summed E-state index contributed by atoms with van der Waals surface area (Å²) < 4.78 is 5.41. The van der Waals surface area contributed by atoms with Gasteiger partial charge >= 0.3 is 0 Å². The first kappa shape index (κ1) is 17.9. The maximum atomic E-state index is 12.9. The highest BCUT2D eigenvalue weighted by Crippen LogP contribution is 2.26. The lowest BCUT2D eigenvalue weighted by atomic mass is 10.1. The molecule has 6 nitrogen and oxygen atoms in total. The van der Waals surface area contributed by atoms with Crippen LogP contribution in [0.4, 0.5) is 17.1 Å². The summed E-state index contributed by atoms with van der Waals surface area (Å²) in [5.74, 6) is -0.378. The Hall–Kier alpha value is -2.86. The molecule has 2 aromatic rings. The van der Waals surface area contributed by atoms with Crippen molar-refractivity contribution < 1.29 is 14.3 Å². The number of benzene rings is 2. The van der Waals surface area contributed by atoms with Gasteiger partial charge in [0.1, 0.15) is 0 Å². The van der Waals surface area contributed by atoms with Gasteiger partial charge < -0.3 is 20.3 Å². The van der Waals surface area contributed by atoms with Gasteiger partial charge in [0.25, 0.3) is 5.91 Å². The zero-order valence-electron chi connectivity index (χ0n) is 15.0. The Balaban J connectivity index is 1.90. The molecule has 0 atom stereocenters. The normalized spacial score (nSPS) is 14.0. The van der Waals surface area contributed by atoms with Crippen LogP contribution in [0.15, 0.2) is 42.5 Å². The van der Waals surface area contributed by atoms with Gasteiger partial charge in [0.2, 0.25) is 5.91 Å². The molecule has 0 aromatic heterocycles. The number of amides is 2. The predicted octanol–water partition coefficient (Wildman–Crippen LogP) is 3.04. The minimum Gasteiger partial charge on any atom is -0.378 e. The van der Waals surface area contributed by atoms with Crippen molar-refractivity contribution in [2.45, 2.75) is 13.8 Å². The Bertz CT molecular complexity index is 796. The summed E-state index contributed by atoms with van der Waals surface area (Å²) in [5, 5.41) is 5.68. The van der Waals surface area contributed by atoms with E-state index in [0.29, 0.717) is 24.5 Å². The second-order valence-corrected chi connectivity index (χ2v) is 6.33. The number of ether oxygens (including phenoxy) is 1. The summed E-state index contributed by atoms with van der Waals surface area (Å²) >= 11 is 0. The highest BCUT2D eigenvalue weighted by atomic mass is 16.5. The minimum absolute atomic E-state index is 0.172. The predicted molar refractivity (Wildman–Crippen MR) is 103 cm³/mol. The molecule has 2 N–H and O–H groups in total. The van der Waals surface area contributed by atoms with Crippen molar-refractivity contribution in [3.63, 3.8) is 0 Å². The zero-order valence-corrected chi connectivity index (χ0v) is 15.0. The first-order valence-electron chi connectivity index (χ1n) is 8.65. The number of rotatable bonds is 4.